The molecule has 1 aliphatic rings. The van der Waals surface area contributed by atoms with Gasteiger partial charge in [-0.3, -0.25) is 4.79 Å². The lowest BCUT2D eigenvalue weighted by Crippen LogP contribution is -2.27. The molecule has 1 heterocycles. The number of nitrogens with two attached hydrogens (primary N) is 1. The Hall–Kier alpha value is -1.51. The highest BCUT2D eigenvalue weighted by molar-refractivity contribution is 6.05. The SMILES string of the molecule is CCN1C(=O)C(C)c2c1ccc(N)c2C. The Labute approximate surface area is 89.9 Å². The van der Waals surface area contributed by atoms with E-state index < -0.39 is 0 Å². The molecule has 0 radical (unpaired) electrons. The van der Waals surface area contributed by atoms with Crippen LogP contribution in [0.15, 0.2) is 12.1 Å². The van der Waals surface area contributed by atoms with E-state index in [9.17, 15) is 4.79 Å². The summed E-state index contributed by atoms with van der Waals surface area (Å²) in [6.07, 6.45) is 0. The second-order valence-electron chi connectivity index (χ2n) is 4.02. The first-order valence-corrected chi connectivity index (χ1v) is 5.28. The molecule has 0 spiro atoms. The maximum Gasteiger partial charge on any atom is 0.234 e. The van der Waals surface area contributed by atoms with Crippen LogP contribution < -0.4 is 10.6 Å². The Kier molecular flexibility index (Phi) is 2.18. The summed E-state index contributed by atoms with van der Waals surface area (Å²) in [5.74, 6) is 0.129. The van der Waals surface area contributed by atoms with Gasteiger partial charge >= 0.3 is 0 Å². The van der Waals surface area contributed by atoms with Crippen LogP contribution in [0.3, 0.4) is 0 Å². The Bertz CT molecular complexity index is 426. The number of hydrogen-bond acceptors (Lipinski definition) is 2. The van der Waals surface area contributed by atoms with Crippen molar-refractivity contribution in [3.8, 4) is 0 Å². The van der Waals surface area contributed by atoms with Gasteiger partial charge in [0, 0.05) is 17.9 Å². The molecular formula is C12H16N2O. The van der Waals surface area contributed by atoms with Crippen LogP contribution in [0.5, 0.6) is 0 Å². The molecule has 0 saturated carbocycles. The average molecular weight is 204 g/mol. The molecule has 2 N–H and O–H groups in total. The first-order chi connectivity index (χ1) is 7.07. The molecule has 1 atom stereocenters. The number of rotatable bonds is 1. The minimum absolute atomic E-state index is 0.0524. The third-order valence-electron chi connectivity index (χ3n) is 3.21. The zero-order valence-electron chi connectivity index (χ0n) is 9.37. The van der Waals surface area contributed by atoms with Crippen molar-refractivity contribution >= 4 is 17.3 Å². The Morgan fingerprint density at radius 1 is 1.47 bits per heavy atom. The summed E-state index contributed by atoms with van der Waals surface area (Å²) in [4.78, 5) is 13.8. The van der Waals surface area contributed by atoms with Crippen LogP contribution in [0.1, 0.15) is 30.9 Å². The fourth-order valence-electron chi connectivity index (χ4n) is 2.32. The van der Waals surface area contributed by atoms with Gasteiger partial charge in [0.15, 0.2) is 0 Å². The van der Waals surface area contributed by atoms with Crippen molar-refractivity contribution in [2.24, 2.45) is 0 Å². The average Bonchev–Trinajstić information content (AvgIpc) is 2.46. The number of hydrogen-bond donors (Lipinski definition) is 1. The smallest absolute Gasteiger partial charge is 0.234 e. The number of nitrogens with zero attached hydrogens (tertiary/aromatic N) is 1. The lowest BCUT2D eigenvalue weighted by molar-refractivity contribution is -0.118. The molecule has 0 bridgehead atoms. The van der Waals surface area contributed by atoms with Gasteiger partial charge in [-0.2, -0.15) is 0 Å². The van der Waals surface area contributed by atoms with Gasteiger partial charge in [-0.1, -0.05) is 0 Å². The summed E-state index contributed by atoms with van der Waals surface area (Å²) in [5, 5.41) is 0. The minimum Gasteiger partial charge on any atom is -0.399 e. The van der Waals surface area contributed by atoms with Gasteiger partial charge in [0.25, 0.3) is 0 Å². The zero-order valence-corrected chi connectivity index (χ0v) is 9.37. The standard InChI is InChI=1S/C12H16N2O/c1-4-14-10-6-5-9(13)7(2)11(10)8(3)12(14)15/h5-6,8H,4,13H2,1-3H3. The first kappa shape index (κ1) is 10.0. The predicted molar refractivity (Wildman–Crippen MR) is 62.0 cm³/mol. The van der Waals surface area contributed by atoms with Gasteiger partial charge < -0.3 is 10.6 Å². The van der Waals surface area contributed by atoms with Crippen LogP contribution in [0.4, 0.5) is 11.4 Å². The normalized spacial score (nSPS) is 19.5. The minimum atomic E-state index is -0.0524. The number of benzene rings is 1. The molecule has 2 rings (SSSR count). The number of carbonyl (C=O) groups excluding carboxylic acids is 1. The molecule has 1 amide bonds. The number of amides is 1. The summed E-state index contributed by atoms with van der Waals surface area (Å²) in [6.45, 7) is 6.64. The van der Waals surface area contributed by atoms with Crippen LogP contribution >= 0.6 is 0 Å². The van der Waals surface area contributed by atoms with Crippen LogP contribution in [0, 0.1) is 6.92 Å². The third kappa shape index (κ3) is 1.23. The molecule has 15 heavy (non-hydrogen) atoms. The van der Waals surface area contributed by atoms with E-state index >= 15 is 0 Å². The fourth-order valence-corrected chi connectivity index (χ4v) is 2.32. The van der Waals surface area contributed by atoms with Gasteiger partial charge in [0.2, 0.25) is 5.91 Å². The van der Waals surface area contributed by atoms with Crippen molar-refractivity contribution in [1.29, 1.82) is 0 Å². The van der Waals surface area contributed by atoms with E-state index in [1.165, 1.54) is 0 Å². The molecule has 80 valence electrons. The molecule has 0 aliphatic carbocycles. The fraction of sp³-hybridized carbons (Fsp3) is 0.417. The molecule has 0 saturated heterocycles. The van der Waals surface area contributed by atoms with Crippen LogP contribution in [0.2, 0.25) is 0 Å². The number of carbonyl (C=O) groups is 1. The van der Waals surface area contributed by atoms with Crippen molar-refractivity contribution in [2.45, 2.75) is 26.7 Å². The van der Waals surface area contributed by atoms with Gasteiger partial charge in [0.05, 0.1) is 5.92 Å². The molecule has 0 aromatic heterocycles. The van der Waals surface area contributed by atoms with Gasteiger partial charge in [-0.05, 0) is 44.0 Å². The lowest BCUT2D eigenvalue weighted by atomic mass is 9.97. The van der Waals surface area contributed by atoms with E-state index in [-0.39, 0.29) is 11.8 Å². The largest absolute Gasteiger partial charge is 0.399 e. The summed E-state index contributed by atoms with van der Waals surface area (Å²) >= 11 is 0. The van der Waals surface area contributed by atoms with Crippen molar-refractivity contribution in [2.75, 3.05) is 17.2 Å². The quantitative estimate of drug-likeness (QED) is 0.711. The van der Waals surface area contributed by atoms with Gasteiger partial charge in [0.1, 0.15) is 0 Å². The van der Waals surface area contributed by atoms with E-state index in [2.05, 4.69) is 0 Å². The van der Waals surface area contributed by atoms with Gasteiger partial charge in [-0.25, -0.2) is 0 Å². The van der Waals surface area contributed by atoms with Crippen molar-refractivity contribution in [3.63, 3.8) is 0 Å². The van der Waals surface area contributed by atoms with Crippen LogP contribution in [-0.4, -0.2) is 12.5 Å². The molecule has 3 heteroatoms. The second-order valence-corrected chi connectivity index (χ2v) is 4.02. The third-order valence-corrected chi connectivity index (χ3v) is 3.21. The van der Waals surface area contributed by atoms with Crippen molar-refractivity contribution in [3.05, 3.63) is 23.3 Å². The highest BCUT2D eigenvalue weighted by Crippen LogP contribution is 2.40. The molecule has 3 nitrogen and oxygen atoms in total. The van der Waals surface area contributed by atoms with Crippen LogP contribution in [-0.2, 0) is 4.79 Å². The molecule has 1 aliphatic heterocycles. The predicted octanol–water partition coefficient (Wildman–Crippen LogP) is 2.05. The highest BCUT2D eigenvalue weighted by Gasteiger charge is 2.34. The molecule has 0 fully saturated rings. The van der Waals surface area contributed by atoms with E-state index in [0.717, 1.165) is 29.0 Å². The second kappa shape index (κ2) is 3.26. The molecule has 1 unspecified atom stereocenters. The van der Waals surface area contributed by atoms with Crippen molar-refractivity contribution in [1.82, 2.24) is 0 Å². The number of anilines is 2. The summed E-state index contributed by atoms with van der Waals surface area (Å²) in [5.41, 5.74) is 9.80. The number of likely N-dealkylation sites (N-methyl/N-ethyl adjacent to an activating group) is 1. The topological polar surface area (TPSA) is 46.3 Å². The Morgan fingerprint density at radius 3 is 2.73 bits per heavy atom. The van der Waals surface area contributed by atoms with E-state index in [0.29, 0.717) is 0 Å². The molecule has 1 aromatic carbocycles. The maximum absolute atomic E-state index is 11.9. The maximum atomic E-state index is 11.9. The van der Waals surface area contributed by atoms with Gasteiger partial charge in [-0.15, -0.1) is 0 Å². The lowest BCUT2D eigenvalue weighted by Gasteiger charge is -2.15. The Balaban J connectivity index is 2.65. The number of fused-ring (bicyclic) bond motifs is 1. The summed E-state index contributed by atoms with van der Waals surface area (Å²) in [7, 11) is 0. The summed E-state index contributed by atoms with van der Waals surface area (Å²) in [6, 6.07) is 3.82. The van der Waals surface area contributed by atoms with E-state index in [4.69, 9.17) is 5.73 Å². The van der Waals surface area contributed by atoms with Crippen molar-refractivity contribution < 1.29 is 4.79 Å². The van der Waals surface area contributed by atoms with E-state index in [1.807, 2.05) is 37.8 Å². The summed E-state index contributed by atoms with van der Waals surface area (Å²) < 4.78 is 0. The zero-order chi connectivity index (χ0) is 11.2. The monoisotopic (exact) mass is 204 g/mol. The van der Waals surface area contributed by atoms with E-state index in [1.54, 1.807) is 0 Å². The molecular weight excluding hydrogens is 188 g/mol. The highest BCUT2D eigenvalue weighted by atomic mass is 16.2. The van der Waals surface area contributed by atoms with Crippen LogP contribution in [0.25, 0.3) is 0 Å². The first-order valence-electron chi connectivity index (χ1n) is 5.28. The molecule has 1 aromatic rings. The Morgan fingerprint density at radius 2 is 2.13 bits per heavy atom. The number of nitrogen functional groups attached to an aromatic ring is 1.